The van der Waals surface area contributed by atoms with E-state index in [4.69, 9.17) is 28.1 Å². The second-order valence-corrected chi connectivity index (χ2v) is 6.93. The second-order valence-electron chi connectivity index (χ2n) is 6.93. The minimum atomic E-state index is -0.305. The van der Waals surface area contributed by atoms with Crippen LogP contribution in [0.25, 0.3) is 11.5 Å². The first-order chi connectivity index (χ1) is 16.1. The Bertz CT molecular complexity index is 1100. The minimum absolute atomic E-state index is 0.0134. The Labute approximate surface area is 190 Å². The van der Waals surface area contributed by atoms with Gasteiger partial charge in [-0.2, -0.15) is 0 Å². The molecule has 1 aliphatic heterocycles. The molecule has 3 aromatic rings. The van der Waals surface area contributed by atoms with E-state index >= 15 is 0 Å². The van der Waals surface area contributed by atoms with Gasteiger partial charge in [-0.3, -0.25) is 10.1 Å². The van der Waals surface area contributed by atoms with Gasteiger partial charge in [0.1, 0.15) is 0 Å². The molecule has 1 N–H and O–H groups in total. The quantitative estimate of drug-likeness (QED) is 0.487. The van der Waals surface area contributed by atoms with Crippen molar-refractivity contribution in [1.82, 2.24) is 10.2 Å². The van der Waals surface area contributed by atoms with Crippen molar-refractivity contribution in [3.8, 4) is 40.2 Å². The van der Waals surface area contributed by atoms with Crippen molar-refractivity contribution in [1.29, 1.82) is 0 Å². The third-order valence-corrected chi connectivity index (χ3v) is 4.63. The molecule has 4 rings (SSSR count). The lowest BCUT2D eigenvalue weighted by Gasteiger charge is -2.16. The van der Waals surface area contributed by atoms with Crippen molar-refractivity contribution < 1.29 is 32.9 Å². The van der Waals surface area contributed by atoms with Gasteiger partial charge in [-0.15, -0.1) is 5.10 Å². The molecule has 0 aliphatic carbocycles. The summed E-state index contributed by atoms with van der Waals surface area (Å²) >= 11 is 0. The van der Waals surface area contributed by atoms with E-state index in [1.807, 2.05) is 20.8 Å². The fourth-order valence-corrected chi connectivity index (χ4v) is 3.30. The first-order valence-corrected chi connectivity index (χ1v) is 10.7. The minimum Gasteiger partial charge on any atom is -0.490 e. The maximum atomic E-state index is 12.5. The van der Waals surface area contributed by atoms with Gasteiger partial charge < -0.3 is 28.1 Å². The molecule has 0 saturated carbocycles. The van der Waals surface area contributed by atoms with Crippen molar-refractivity contribution in [2.45, 2.75) is 27.2 Å². The van der Waals surface area contributed by atoms with Crippen LogP contribution in [-0.4, -0.2) is 42.7 Å². The third-order valence-electron chi connectivity index (χ3n) is 4.63. The van der Waals surface area contributed by atoms with E-state index < -0.39 is 0 Å². The van der Waals surface area contributed by atoms with Crippen molar-refractivity contribution in [3.63, 3.8) is 0 Å². The number of anilines is 1. The summed E-state index contributed by atoms with van der Waals surface area (Å²) in [4.78, 5) is 12.5. The van der Waals surface area contributed by atoms with E-state index in [9.17, 15) is 4.79 Å². The monoisotopic (exact) mass is 455 g/mol. The van der Waals surface area contributed by atoms with Crippen molar-refractivity contribution in [2.75, 3.05) is 31.9 Å². The lowest BCUT2D eigenvalue weighted by atomic mass is 10.1. The Hall–Kier alpha value is -3.95. The lowest BCUT2D eigenvalue weighted by molar-refractivity contribution is -0.115. The van der Waals surface area contributed by atoms with E-state index in [-0.39, 0.29) is 31.0 Å². The number of hydrogen-bond donors (Lipinski definition) is 1. The van der Waals surface area contributed by atoms with Crippen LogP contribution in [0.3, 0.4) is 0 Å². The average Bonchev–Trinajstić information content (AvgIpc) is 3.45. The standard InChI is InChI=1S/C23H25N3O7/c1-4-28-18-11-15(12-19(29-5-2)21(18)30-6-3)22-25-26-23(33-22)24-20(27)10-14-7-8-16-17(9-14)32-13-31-16/h7-9,11-12H,4-6,10,13H2,1-3H3,(H,24,26,27). The van der Waals surface area contributed by atoms with Crippen LogP contribution in [0.15, 0.2) is 34.7 Å². The average molecular weight is 455 g/mol. The second kappa shape index (κ2) is 10.1. The van der Waals surface area contributed by atoms with Gasteiger partial charge in [0.15, 0.2) is 23.0 Å². The molecular formula is C23H25N3O7. The van der Waals surface area contributed by atoms with Crippen LogP contribution in [-0.2, 0) is 11.2 Å². The highest BCUT2D eigenvalue weighted by molar-refractivity contribution is 5.90. The SMILES string of the molecule is CCOc1cc(-c2nnc(NC(=O)Cc3ccc4c(c3)OCO4)o2)cc(OCC)c1OCC. The molecule has 0 radical (unpaired) electrons. The van der Waals surface area contributed by atoms with E-state index in [2.05, 4.69) is 15.5 Å². The molecule has 0 atom stereocenters. The number of carbonyl (C=O) groups is 1. The van der Waals surface area contributed by atoms with Gasteiger partial charge in [0, 0.05) is 5.56 Å². The molecule has 1 amide bonds. The summed E-state index contributed by atoms with van der Waals surface area (Å²) in [5.74, 6) is 2.71. The zero-order valence-electron chi connectivity index (χ0n) is 18.7. The van der Waals surface area contributed by atoms with E-state index in [1.165, 1.54) is 0 Å². The molecule has 10 heteroatoms. The molecule has 0 unspecified atom stereocenters. The van der Waals surface area contributed by atoms with Crippen LogP contribution in [0.5, 0.6) is 28.7 Å². The molecule has 1 aromatic heterocycles. The number of rotatable bonds is 10. The van der Waals surface area contributed by atoms with Gasteiger partial charge in [0.05, 0.1) is 26.2 Å². The first-order valence-electron chi connectivity index (χ1n) is 10.7. The van der Waals surface area contributed by atoms with Crippen LogP contribution in [0.4, 0.5) is 6.01 Å². The summed E-state index contributed by atoms with van der Waals surface area (Å²) in [6.45, 7) is 7.17. The first kappa shape index (κ1) is 22.3. The molecule has 2 heterocycles. The Morgan fingerprint density at radius 2 is 1.64 bits per heavy atom. The van der Waals surface area contributed by atoms with E-state index in [0.717, 1.165) is 5.56 Å². The van der Waals surface area contributed by atoms with Crippen molar-refractivity contribution in [3.05, 3.63) is 35.9 Å². The highest BCUT2D eigenvalue weighted by Gasteiger charge is 2.20. The van der Waals surface area contributed by atoms with Gasteiger partial charge >= 0.3 is 6.01 Å². The van der Waals surface area contributed by atoms with Crippen molar-refractivity contribution >= 4 is 11.9 Å². The Kier molecular flexibility index (Phi) is 6.82. The maximum absolute atomic E-state index is 12.5. The number of carbonyl (C=O) groups excluding carboxylic acids is 1. The predicted octanol–water partition coefficient (Wildman–Crippen LogP) is 3.84. The topological polar surface area (TPSA) is 114 Å². The number of nitrogens with zero attached hydrogens (tertiary/aromatic N) is 2. The fourth-order valence-electron chi connectivity index (χ4n) is 3.30. The fraction of sp³-hybridized carbons (Fsp3) is 0.348. The largest absolute Gasteiger partial charge is 0.490 e. The summed E-state index contributed by atoms with van der Waals surface area (Å²) in [6.07, 6.45) is 0.111. The van der Waals surface area contributed by atoms with Gasteiger partial charge in [-0.1, -0.05) is 11.2 Å². The molecule has 33 heavy (non-hydrogen) atoms. The Morgan fingerprint density at radius 1 is 0.939 bits per heavy atom. The van der Waals surface area contributed by atoms with Crippen LogP contribution in [0.1, 0.15) is 26.3 Å². The number of benzene rings is 2. The molecule has 0 fully saturated rings. The zero-order chi connectivity index (χ0) is 23.2. The van der Waals surface area contributed by atoms with Gasteiger partial charge in [0.25, 0.3) is 0 Å². The van der Waals surface area contributed by atoms with Gasteiger partial charge in [0.2, 0.25) is 24.3 Å². The molecule has 10 nitrogen and oxygen atoms in total. The zero-order valence-corrected chi connectivity index (χ0v) is 18.7. The molecule has 0 saturated heterocycles. The van der Waals surface area contributed by atoms with Crippen LogP contribution in [0.2, 0.25) is 0 Å². The van der Waals surface area contributed by atoms with E-state index in [1.54, 1.807) is 30.3 Å². The number of hydrogen-bond acceptors (Lipinski definition) is 9. The summed E-state index contributed by atoms with van der Waals surface area (Å²) in [5, 5.41) is 10.6. The Balaban J connectivity index is 1.50. The number of fused-ring (bicyclic) bond motifs is 1. The highest BCUT2D eigenvalue weighted by Crippen LogP contribution is 2.42. The summed E-state index contributed by atoms with van der Waals surface area (Å²) < 4.78 is 33.5. The molecule has 0 bridgehead atoms. The lowest BCUT2D eigenvalue weighted by Crippen LogP contribution is -2.14. The maximum Gasteiger partial charge on any atom is 0.322 e. The van der Waals surface area contributed by atoms with Gasteiger partial charge in [-0.05, 0) is 50.6 Å². The highest BCUT2D eigenvalue weighted by atomic mass is 16.7. The number of ether oxygens (including phenoxy) is 5. The molecule has 2 aromatic carbocycles. The van der Waals surface area contributed by atoms with Gasteiger partial charge in [-0.25, -0.2) is 0 Å². The van der Waals surface area contributed by atoms with Crippen LogP contribution >= 0.6 is 0 Å². The number of aromatic nitrogens is 2. The molecule has 174 valence electrons. The van der Waals surface area contributed by atoms with Crippen LogP contribution in [0, 0.1) is 0 Å². The predicted molar refractivity (Wildman–Crippen MR) is 118 cm³/mol. The van der Waals surface area contributed by atoms with E-state index in [0.29, 0.717) is 54.1 Å². The van der Waals surface area contributed by atoms with Crippen LogP contribution < -0.4 is 29.0 Å². The number of amides is 1. The molecular weight excluding hydrogens is 430 g/mol. The third kappa shape index (κ3) is 5.11. The molecule has 1 aliphatic rings. The smallest absolute Gasteiger partial charge is 0.322 e. The summed E-state index contributed by atoms with van der Waals surface area (Å²) in [6, 6.07) is 8.81. The van der Waals surface area contributed by atoms with Crippen molar-refractivity contribution in [2.24, 2.45) is 0 Å². The normalized spacial score (nSPS) is 11.8. The summed E-state index contributed by atoms with van der Waals surface area (Å²) in [7, 11) is 0. The Morgan fingerprint density at radius 3 is 2.33 bits per heavy atom. The summed E-state index contributed by atoms with van der Waals surface area (Å²) in [5.41, 5.74) is 1.35. The number of nitrogens with one attached hydrogen (secondary N) is 1. The molecule has 0 spiro atoms.